The van der Waals surface area contributed by atoms with Crippen molar-refractivity contribution in [3.8, 4) is 11.4 Å². The minimum Gasteiger partial charge on any atom is -0.339 e. The molecule has 0 amide bonds. The molecule has 1 aromatic carbocycles. The first kappa shape index (κ1) is 15.0. The van der Waals surface area contributed by atoms with Gasteiger partial charge in [0.25, 0.3) is 0 Å². The minimum absolute atomic E-state index is 0.0717. The van der Waals surface area contributed by atoms with E-state index in [9.17, 15) is 0 Å². The van der Waals surface area contributed by atoms with Crippen molar-refractivity contribution >= 4 is 11.6 Å². The van der Waals surface area contributed by atoms with Crippen LogP contribution in [0.3, 0.4) is 0 Å². The van der Waals surface area contributed by atoms with Gasteiger partial charge in [-0.2, -0.15) is 0 Å². The summed E-state index contributed by atoms with van der Waals surface area (Å²) in [4.78, 5) is 10.0. The largest absolute Gasteiger partial charge is 0.339 e. The zero-order valence-electron chi connectivity index (χ0n) is 11.9. The number of nitrogens with one attached hydrogen (secondary N) is 1. The van der Waals surface area contributed by atoms with Gasteiger partial charge in [-0.15, -0.1) is 0 Å². The molecule has 108 valence electrons. The van der Waals surface area contributed by atoms with Crippen molar-refractivity contribution in [3.63, 3.8) is 0 Å². The predicted octanol–water partition coefficient (Wildman–Crippen LogP) is 3.07. The Morgan fingerprint density at radius 3 is 2.45 bits per heavy atom. The lowest BCUT2D eigenvalue weighted by Crippen LogP contribution is -2.33. The van der Waals surface area contributed by atoms with Crippen LogP contribution in [0.4, 0.5) is 0 Å². The van der Waals surface area contributed by atoms with Crippen LogP contribution in [0.5, 0.6) is 0 Å². The second-order valence-electron chi connectivity index (χ2n) is 4.63. The highest BCUT2D eigenvalue weighted by Gasteiger charge is 2.22. The lowest BCUT2D eigenvalue weighted by atomic mass is 10.2. The van der Waals surface area contributed by atoms with E-state index in [4.69, 9.17) is 17.3 Å². The van der Waals surface area contributed by atoms with Crippen LogP contribution in [0.2, 0.25) is 5.15 Å². The first-order chi connectivity index (χ1) is 9.71. The molecule has 3 N–H and O–H groups in total. The van der Waals surface area contributed by atoms with Crippen molar-refractivity contribution in [2.45, 2.75) is 19.9 Å². The molecule has 0 aliphatic heterocycles. The third kappa shape index (κ3) is 3.03. The maximum absolute atomic E-state index is 6.30. The summed E-state index contributed by atoms with van der Waals surface area (Å²) in [6.45, 7) is 6.60. The van der Waals surface area contributed by atoms with E-state index in [2.05, 4.69) is 28.7 Å². The molecule has 5 heteroatoms. The van der Waals surface area contributed by atoms with Crippen molar-refractivity contribution in [1.29, 1.82) is 0 Å². The minimum atomic E-state index is 0.0717. The predicted molar refractivity (Wildman–Crippen MR) is 83.8 cm³/mol. The molecule has 1 aromatic heterocycles. The molecule has 0 spiro atoms. The lowest BCUT2D eigenvalue weighted by Gasteiger charge is -2.27. The van der Waals surface area contributed by atoms with Crippen LogP contribution in [0.25, 0.3) is 11.4 Å². The molecule has 0 aliphatic rings. The van der Waals surface area contributed by atoms with Crippen LogP contribution in [-0.4, -0.2) is 34.5 Å². The summed E-state index contributed by atoms with van der Waals surface area (Å²) in [6.07, 6.45) is 0. The molecule has 0 aliphatic carbocycles. The number of nitrogens with two attached hydrogens (primary N) is 1. The van der Waals surface area contributed by atoms with Gasteiger partial charge in [0.15, 0.2) is 5.15 Å². The first-order valence-electron chi connectivity index (χ1n) is 6.96. The Labute approximate surface area is 125 Å². The Balaban J connectivity index is 2.35. The number of likely N-dealkylation sites (N-methyl/N-ethyl adjacent to an activating group) is 1. The van der Waals surface area contributed by atoms with Gasteiger partial charge in [0.2, 0.25) is 0 Å². The molecule has 0 fully saturated rings. The fourth-order valence-corrected chi connectivity index (χ4v) is 2.69. The number of aromatic nitrogens is 2. The Hall–Kier alpha value is -1.36. The Morgan fingerprint density at radius 1 is 1.25 bits per heavy atom. The molecule has 2 rings (SSSR count). The SMILES string of the molecule is CCN(CC)C(CN)c1[nH]c(-c2ccccc2)nc1Cl. The molecule has 4 nitrogen and oxygen atoms in total. The van der Waals surface area contributed by atoms with Gasteiger partial charge in [0.1, 0.15) is 5.82 Å². The van der Waals surface area contributed by atoms with Gasteiger partial charge in [-0.25, -0.2) is 4.98 Å². The van der Waals surface area contributed by atoms with Gasteiger partial charge in [0, 0.05) is 12.1 Å². The zero-order valence-corrected chi connectivity index (χ0v) is 12.7. The Morgan fingerprint density at radius 2 is 1.90 bits per heavy atom. The van der Waals surface area contributed by atoms with Crippen LogP contribution in [-0.2, 0) is 0 Å². The van der Waals surface area contributed by atoms with E-state index in [1.165, 1.54) is 0 Å². The van der Waals surface area contributed by atoms with Crippen molar-refractivity contribution in [2.24, 2.45) is 5.73 Å². The summed E-state index contributed by atoms with van der Waals surface area (Å²) in [5.74, 6) is 0.788. The molecule has 1 atom stereocenters. The van der Waals surface area contributed by atoms with E-state index in [0.717, 1.165) is 30.2 Å². The lowest BCUT2D eigenvalue weighted by molar-refractivity contribution is 0.220. The summed E-state index contributed by atoms with van der Waals surface area (Å²) in [5.41, 5.74) is 7.85. The van der Waals surface area contributed by atoms with Gasteiger partial charge in [-0.05, 0) is 13.1 Å². The number of H-pyrrole nitrogens is 1. The topological polar surface area (TPSA) is 57.9 Å². The highest BCUT2D eigenvalue weighted by atomic mass is 35.5. The van der Waals surface area contributed by atoms with E-state index < -0.39 is 0 Å². The number of rotatable bonds is 6. The fraction of sp³-hybridized carbons (Fsp3) is 0.400. The third-order valence-corrected chi connectivity index (χ3v) is 3.83. The smallest absolute Gasteiger partial charge is 0.152 e. The number of hydrogen-bond donors (Lipinski definition) is 2. The number of nitrogens with zero attached hydrogens (tertiary/aromatic N) is 2. The highest BCUT2D eigenvalue weighted by molar-refractivity contribution is 6.30. The van der Waals surface area contributed by atoms with Crippen LogP contribution < -0.4 is 5.73 Å². The monoisotopic (exact) mass is 292 g/mol. The summed E-state index contributed by atoms with van der Waals surface area (Å²) in [6, 6.07) is 10.0. The van der Waals surface area contributed by atoms with Crippen LogP contribution in [0.15, 0.2) is 30.3 Å². The average Bonchev–Trinajstić information content (AvgIpc) is 2.87. The van der Waals surface area contributed by atoms with Gasteiger partial charge in [-0.1, -0.05) is 55.8 Å². The Kier molecular flexibility index (Phi) is 5.17. The molecule has 0 saturated heterocycles. The first-order valence-corrected chi connectivity index (χ1v) is 7.33. The molecule has 0 bridgehead atoms. The van der Waals surface area contributed by atoms with Gasteiger partial charge < -0.3 is 10.7 Å². The summed E-state index contributed by atoms with van der Waals surface area (Å²) >= 11 is 6.30. The maximum atomic E-state index is 6.30. The van der Waals surface area contributed by atoms with Crippen molar-refractivity contribution in [3.05, 3.63) is 41.2 Å². The van der Waals surface area contributed by atoms with E-state index in [-0.39, 0.29) is 6.04 Å². The van der Waals surface area contributed by atoms with E-state index in [0.29, 0.717) is 11.7 Å². The maximum Gasteiger partial charge on any atom is 0.152 e. The quantitative estimate of drug-likeness (QED) is 0.860. The second kappa shape index (κ2) is 6.88. The van der Waals surface area contributed by atoms with Crippen molar-refractivity contribution < 1.29 is 0 Å². The molecule has 1 unspecified atom stereocenters. The van der Waals surface area contributed by atoms with Gasteiger partial charge in [-0.3, -0.25) is 4.90 Å². The van der Waals surface area contributed by atoms with Crippen LogP contribution >= 0.6 is 11.6 Å². The summed E-state index contributed by atoms with van der Waals surface area (Å²) < 4.78 is 0. The molecular formula is C15H21ClN4. The summed E-state index contributed by atoms with van der Waals surface area (Å²) in [5, 5.41) is 0.506. The number of hydrogen-bond acceptors (Lipinski definition) is 3. The average molecular weight is 293 g/mol. The standard InChI is InChI=1S/C15H21ClN4/c1-3-20(4-2)12(10-17)13-14(16)19-15(18-13)11-8-6-5-7-9-11/h5-9,12H,3-4,10,17H2,1-2H3,(H,18,19). The molecule has 0 saturated carbocycles. The molecular weight excluding hydrogens is 272 g/mol. The molecule has 20 heavy (non-hydrogen) atoms. The number of benzene rings is 1. The highest BCUT2D eigenvalue weighted by Crippen LogP contribution is 2.28. The van der Waals surface area contributed by atoms with E-state index >= 15 is 0 Å². The fourth-order valence-electron chi connectivity index (χ4n) is 2.43. The Bertz CT molecular complexity index is 534. The zero-order chi connectivity index (χ0) is 14.5. The second-order valence-corrected chi connectivity index (χ2v) is 4.99. The summed E-state index contributed by atoms with van der Waals surface area (Å²) in [7, 11) is 0. The molecule has 2 aromatic rings. The molecule has 1 heterocycles. The van der Waals surface area contributed by atoms with Crippen molar-refractivity contribution in [2.75, 3.05) is 19.6 Å². The van der Waals surface area contributed by atoms with Crippen LogP contribution in [0.1, 0.15) is 25.6 Å². The van der Waals surface area contributed by atoms with E-state index in [1.54, 1.807) is 0 Å². The van der Waals surface area contributed by atoms with Gasteiger partial charge >= 0.3 is 0 Å². The molecule has 0 radical (unpaired) electrons. The normalized spacial score (nSPS) is 12.8. The van der Waals surface area contributed by atoms with Gasteiger partial charge in [0.05, 0.1) is 11.7 Å². The van der Waals surface area contributed by atoms with E-state index in [1.807, 2.05) is 30.3 Å². The number of aromatic amines is 1. The van der Waals surface area contributed by atoms with Crippen LogP contribution in [0, 0.1) is 0 Å². The third-order valence-electron chi connectivity index (χ3n) is 3.54. The van der Waals surface area contributed by atoms with Crippen molar-refractivity contribution in [1.82, 2.24) is 14.9 Å². The number of halogens is 1. The number of imidazole rings is 1.